The van der Waals surface area contributed by atoms with Crippen LogP contribution in [0.25, 0.3) is 0 Å². The Morgan fingerprint density at radius 3 is 2.38 bits per heavy atom. The predicted molar refractivity (Wildman–Crippen MR) is 78.8 cm³/mol. The number of benzene rings is 1. The second-order valence-electron chi connectivity index (χ2n) is 5.77. The van der Waals surface area contributed by atoms with E-state index in [1.165, 1.54) is 11.8 Å². The van der Waals surface area contributed by atoms with Crippen LogP contribution in [0.15, 0.2) is 36.4 Å². The van der Waals surface area contributed by atoms with Gasteiger partial charge in [-0.2, -0.15) is 0 Å². The number of nitrogens with zero attached hydrogens (tertiary/aromatic N) is 1. The molecule has 4 nitrogen and oxygen atoms in total. The molecule has 3 rings (SSSR count). The number of carbonyl (C=O) groups is 3. The van der Waals surface area contributed by atoms with Gasteiger partial charge in [-0.1, -0.05) is 19.1 Å². The molecule has 3 atom stereocenters. The largest absolute Gasteiger partial charge is 0.295 e. The van der Waals surface area contributed by atoms with Gasteiger partial charge in [0.05, 0.1) is 17.5 Å². The molecular formula is C17H17NO3. The number of carbonyl (C=O) groups excluding carboxylic acids is 3. The molecule has 21 heavy (non-hydrogen) atoms. The lowest BCUT2D eigenvalue weighted by atomic mass is 9.78. The van der Waals surface area contributed by atoms with Gasteiger partial charge in [0.2, 0.25) is 11.8 Å². The molecule has 1 saturated heterocycles. The number of fused-ring (bicyclic) bond motifs is 1. The Bertz CT molecular complexity index is 645. The Labute approximate surface area is 123 Å². The molecule has 2 amide bonds. The Morgan fingerprint density at radius 2 is 1.81 bits per heavy atom. The molecule has 0 saturated carbocycles. The number of anilines is 1. The minimum Gasteiger partial charge on any atom is -0.295 e. The number of hydrogen-bond acceptors (Lipinski definition) is 3. The summed E-state index contributed by atoms with van der Waals surface area (Å²) in [7, 11) is 0. The third kappa shape index (κ3) is 2.11. The summed E-state index contributed by atoms with van der Waals surface area (Å²) >= 11 is 0. The lowest BCUT2D eigenvalue weighted by Gasteiger charge is -2.22. The highest BCUT2D eigenvalue weighted by atomic mass is 16.2. The standard InChI is InChI=1S/C17H17NO3/c1-10-4-3-5-14-15(10)17(21)18(16(14)20)13-8-6-12(7-9-13)11(2)19/h3-4,6-10,14-15H,5H2,1-2H3/t10-,14+,15-/m0/s1. The topological polar surface area (TPSA) is 54.5 Å². The van der Waals surface area contributed by atoms with Crippen LogP contribution in [0.3, 0.4) is 0 Å². The molecule has 4 heteroatoms. The summed E-state index contributed by atoms with van der Waals surface area (Å²) < 4.78 is 0. The number of Topliss-reactive ketones (excluding diaryl/α,β-unsaturated/α-hetero) is 1. The molecule has 0 spiro atoms. The third-order valence-electron chi connectivity index (χ3n) is 4.40. The number of amides is 2. The maximum Gasteiger partial charge on any atom is 0.238 e. The van der Waals surface area contributed by atoms with Gasteiger partial charge < -0.3 is 0 Å². The molecule has 0 radical (unpaired) electrons. The van der Waals surface area contributed by atoms with Crippen molar-refractivity contribution in [3.8, 4) is 0 Å². The highest BCUT2D eigenvalue weighted by molar-refractivity contribution is 6.22. The molecule has 0 bridgehead atoms. The van der Waals surface area contributed by atoms with E-state index in [9.17, 15) is 14.4 Å². The second-order valence-corrected chi connectivity index (χ2v) is 5.77. The van der Waals surface area contributed by atoms with Crippen molar-refractivity contribution in [1.82, 2.24) is 0 Å². The van der Waals surface area contributed by atoms with Crippen molar-refractivity contribution in [3.05, 3.63) is 42.0 Å². The van der Waals surface area contributed by atoms with E-state index < -0.39 is 0 Å². The summed E-state index contributed by atoms with van der Waals surface area (Å²) in [6.07, 6.45) is 4.62. The Morgan fingerprint density at radius 1 is 1.14 bits per heavy atom. The van der Waals surface area contributed by atoms with Crippen molar-refractivity contribution in [2.24, 2.45) is 17.8 Å². The molecule has 0 aromatic heterocycles. The molecule has 1 aromatic rings. The van der Waals surface area contributed by atoms with Crippen LogP contribution in [0.2, 0.25) is 0 Å². The highest BCUT2D eigenvalue weighted by Crippen LogP contribution is 2.40. The first-order chi connectivity index (χ1) is 10.0. The van der Waals surface area contributed by atoms with Crippen molar-refractivity contribution in [2.75, 3.05) is 4.90 Å². The van der Waals surface area contributed by atoms with Crippen LogP contribution in [-0.4, -0.2) is 17.6 Å². The Hall–Kier alpha value is -2.23. The summed E-state index contributed by atoms with van der Waals surface area (Å²) in [6, 6.07) is 6.65. The van der Waals surface area contributed by atoms with Crippen LogP contribution in [0.1, 0.15) is 30.6 Å². The number of hydrogen-bond donors (Lipinski definition) is 0. The van der Waals surface area contributed by atoms with Gasteiger partial charge in [-0.3, -0.25) is 19.3 Å². The maximum absolute atomic E-state index is 12.6. The average Bonchev–Trinajstić information content (AvgIpc) is 2.72. The van der Waals surface area contributed by atoms with E-state index in [0.29, 0.717) is 17.7 Å². The first-order valence-electron chi connectivity index (χ1n) is 7.16. The van der Waals surface area contributed by atoms with E-state index >= 15 is 0 Å². The average molecular weight is 283 g/mol. The zero-order chi connectivity index (χ0) is 15.1. The van der Waals surface area contributed by atoms with Crippen molar-refractivity contribution in [3.63, 3.8) is 0 Å². The first-order valence-corrected chi connectivity index (χ1v) is 7.16. The van der Waals surface area contributed by atoms with E-state index in [-0.39, 0.29) is 35.4 Å². The smallest absolute Gasteiger partial charge is 0.238 e. The van der Waals surface area contributed by atoms with Crippen LogP contribution in [-0.2, 0) is 9.59 Å². The van der Waals surface area contributed by atoms with Gasteiger partial charge in [-0.15, -0.1) is 0 Å². The van der Waals surface area contributed by atoms with E-state index in [2.05, 4.69) is 0 Å². The lowest BCUT2D eigenvalue weighted by molar-refractivity contribution is -0.122. The van der Waals surface area contributed by atoms with Crippen molar-refractivity contribution in [2.45, 2.75) is 20.3 Å². The molecule has 1 aromatic carbocycles. The number of ketones is 1. The third-order valence-corrected chi connectivity index (χ3v) is 4.40. The van der Waals surface area contributed by atoms with E-state index in [0.717, 1.165) is 0 Å². The van der Waals surface area contributed by atoms with Crippen LogP contribution in [0, 0.1) is 17.8 Å². The molecule has 1 heterocycles. The minimum absolute atomic E-state index is 0.0351. The first kappa shape index (κ1) is 13.7. The van der Waals surface area contributed by atoms with Gasteiger partial charge in [-0.05, 0) is 43.5 Å². The maximum atomic E-state index is 12.6. The zero-order valence-electron chi connectivity index (χ0n) is 12.1. The van der Waals surface area contributed by atoms with Gasteiger partial charge in [0.1, 0.15) is 0 Å². The molecule has 1 aliphatic carbocycles. The van der Waals surface area contributed by atoms with Crippen molar-refractivity contribution >= 4 is 23.3 Å². The van der Waals surface area contributed by atoms with Gasteiger partial charge in [0, 0.05) is 5.56 Å². The lowest BCUT2D eigenvalue weighted by Crippen LogP contribution is -2.31. The second kappa shape index (κ2) is 4.95. The van der Waals surface area contributed by atoms with Gasteiger partial charge in [0.25, 0.3) is 0 Å². The molecule has 108 valence electrons. The van der Waals surface area contributed by atoms with Crippen molar-refractivity contribution in [1.29, 1.82) is 0 Å². The fourth-order valence-corrected chi connectivity index (χ4v) is 3.25. The number of imide groups is 1. The number of rotatable bonds is 2. The highest BCUT2D eigenvalue weighted by Gasteiger charge is 2.50. The monoisotopic (exact) mass is 283 g/mol. The van der Waals surface area contributed by atoms with E-state index in [4.69, 9.17) is 0 Å². The molecule has 1 aliphatic heterocycles. The summed E-state index contributed by atoms with van der Waals surface area (Å²) in [6.45, 7) is 3.46. The molecule has 0 N–H and O–H groups in total. The fraction of sp³-hybridized carbons (Fsp3) is 0.353. The van der Waals surface area contributed by atoms with Crippen LogP contribution in [0.4, 0.5) is 5.69 Å². The molecule has 0 unspecified atom stereocenters. The number of allylic oxidation sites excluding steroid dienone is 2. The van der Waals surface area contributed by atoms with Gasteiger partial charge >= 0.3 is 0 Å². The van der Waals surface area contributed by atoms with E-state index in [1.54, 1.807) is 24.3 Å². The fourth-order valence-electron chi connectivity index (χ4n) is 3.25. The minimum atomic E-state index is -0.255. The van der Waals surface area contributed by atoms with Gasteiger partial charge in [0.15, 0.2) is 5.78 Å². The molecule has 2 aliphatic rings. The quantitative estimate of drug-likeness (QED) is 0.476. The summed E-state index contributed by atoms with van der Waals surface area (Å²) in [5.74, 6) is -0.706. The molecule has 1 fully saturated rings. The summed E-state index contributed by atoms with van der Waals surface area (Å²) in [5, 5.41) is 0. The molecular weight excluding hydrogens is 266 g/mol. The van der Waals surface area contributed by atoms with E-state index in [1.807, 2.05) is 19.1 Å². The Balaban J connectivity index is 1.94. The van der Waals surface area contributed by atoms with Crippen LogP contribution >= 0.6 is 0 Å². The van der Waals surface area contributed by atoms with Crippen LogP contribution in [0.5, 0.6) is 0 Å². The van der Waals surface area contributed by atoms with Crippen molar-refractivity contribution < 1.29 is 14.4 Å². The predicted octanol–water partition coefficient (Wildman–Crippen LogP) is 2.59. The normalized spacial score (nSPS) is 27.9. The zero-order valence-corrected chi connectivity index (χ0v) is 12.1. The Kier molecular flexibility index (Phi) is 3.24. The van der Waals surface area contributed by atoms with Crippen LogP contribution < -0.4 is 4.90 Å². The SMILES string of the molecule is CC(=O)c1ccc(N2C(=O)[C@H]3[C@@H](C)C=CC[C@H]3C2=O)cc1. The summed E-state index contributed by atoms with van der Waals surface area (Å²) in [4.78, 5) is 37.7. The van der Waals surface area contributed by atoms with Gasteiger partial charge in [-0.25, -0.2) is 0 Å². The summed E-state index contributed by atoms with van der Waals surface area (Å²) in [5.41, 5.74) is 1.13.